The number of carbonyl (C=O) groups is 1. The molecule has 1 saturated heterocycles. The maximum Gasteiger partial charge on any atom is 0.410 e. The lowest BCUT2D eigenvalue weighted by Gasteiger charge is -2.44. The summed E-state index contributed by atoms with van der Waals surface area (Å²) >= 11 is 0. The third-order valence-corrected chi connectivity index (χ3v) is 7.40. The largest absolute Gasteiger partial charge is 0.508 e. The number of carbonyl (C=O) groups excluding carboxylic acids is 1. The molecule has 4 heteroatoms. The monoisotopic (exact) mass is 437 g/mol. The molecule has 2 atom stereocenters. The number of ether oxygens (including phenoxy) is 1. The normalized spacial score (nSPS) is 21.2. The van der Waals surface area contributed by atoms with E-state index in [1.807, 2.05) is 23.1 Å². The second kappa shape index (κ2) is 8.11. The van der Waals surface area contributed by atoms with Crippen molar-refractivity contribution in [2.24, 2.45) is 0 Å². The first-order chi connectivity index (χ1) is 16.2. The van der Waals surface area contributed by atoms with Crippen molar-refractivity contribution in [2.45, 2.75) is 43.7 Å². The van der Waals surface area contributed by atoms with E-state index in [2.05, 4.69) is 54.6 Å². The minimum atomic E-state index is -0.210. The summed E-state index contributed by atoms with van der Waals surface area (Å²) in [6, 6.07) is 24.4. The highest BCUT2D eigenvalue weighted by Crippen LogP contribution is 2.45. The summed E-state index contributed by atoms with van der Waals surface area (Å²) in [5.41, 5.74) is 7.19. The summed E-state index contributed by atoms with van der Waals surface area (Å²) in [6.45, 7) is 0.353. The smallest absolute Gasteiger partial charge is 0.410 e. The van der Waals surface area contributed by atoms with Gasteiger partial charge in [0.15, 0.2) is 0 Å². The summed E-state index contributed by atoms with van der Waals surface area (Å²) in [7, 11) is 0. The van der Waals surface area contributed by atoms with E-state index in [1.165, 1.54) is 27.8 Å². The fraction of sp³-hybridized carbons (Fsp3) is 0.276. The number of phenolic OH excluding ortho intramolecular Hbond substituents is 1. The van der Waals surface area contributed by atoms with Gasteiger partial charge in [-0.1, -0.05) is 66.7 Å². The number of phenols is 1. The third-order valence-electron chi connectivity index (χ3n) is 7.40. The average molecular weight is 438 g/mol. The van der Waals surface area contributed by atoms with Crippen LogP contribution in [0, 0.1) is 0 Å². The van der Waals surface area contributed by atoms with Crippen LogP contribution in [-0.4, -0.2) is 34.8 Å². The van der Waals surface area contributed by atoms with Gasteiger partial charge in [0.2, 0.25) is 0 Å². The zero-order valence-corrected chi connectivity index (χ0v) is 18.5. The van der Waals surface area contributed by atoms with Crippen LogP contribution in [0.3, 0.4) is 0 Å². The molecule has 2 aliphatic heterocycles. The van der Waals surface area contributed by atoms with Crippen molar-refractivity contribution in [3.63, 3.8) is 0 Å². The number of amides is 1. The molecule has 0 spiro atoms. The standard InChI is InChI=1S/C29H27NO3/c31-23-10-5-7-19(17-23)20-15-21-8-6-9-22(16-20)30(21)29(32)33-18-28-26-13-3-1-11-24(26)25-12-2-4-14-27(25)28/h1-5,7,10-15,17,21-22,28,31H,6,8-9,16,18H2. The third kappa shape index (κ3) is 3.50. The van der Waals surface area contributed by atoms with Gasteiger partial charge >= 0.3 is 6.09 Å². The summed E-state index contributed by atoms with van der Waals surface area (Å²) in [6.07, 6.45) is 5.83. The topological polar surface area (TPSA) is 49.8 Å². The van der Waals surface area contributed by atoms with E-state index in [1.54, 1.807) is 6.07 Å². The zero-order valence-electron chi connectivity index (χ0n) is 18.5. The molecule has 3 aromatic carbocycles. The van der Waals surface area contributed by atoms with Gasteiger partial charge in [0, 0.05) is 12.0 Å². The van der Waals surface area contributed by atoms with Gasteiger partial charge in [0.25, 0.3) is 0 Å². The van der Waals surface area contributed by atoms with Crippen molar-refractivity contribution in [3.05, 3.63) is 95.6 Å². The van der Waals surface area contributed by atoms with E-state index in [-0.39, 0.29) is 29.8 Å². The highest BCUT2D eigenvalue weighted by molar-refractivity contribution is 5.79. The molecule has 166 valence electrons. The molecule has 0 radical (unpaired) electrons. The number of fused-ring (bicyclic) bond motifs is 5. The number of hydrogen-bond donors (Lipinski definition) is 1. The van der Waals surface area contributed by atoms with Crippen LogP contribution in [-0.2, 0) is 4.74 Å². The molecule has 0 saturated carbocycles. The Morgan fingerprint density at radius 1 is 0.939 bits per heavy atom. The molecule has 1 amide bonds. The van der Waals surface area contributed by atoms with Gasteiger partial charge in [0.1, 0.15) is 12.4 Å². The number of rotatable bonds is 3. The molecule has 6 rings (SSSR count). The molecule has 4 nitrogen and oxygen atoms in total. The van der Waals surface area contributed by atoms with Crippen LogP contribution in [0.1, 0.15) is 48.3 Å². The lowest BCUT2D eigenvalue weighted by Crippen LogP contribution is -2.51. The Labute approximate surface area is 194 Å². The first kappa shape index (κ1) is 20.1. The lowest BCUT2D eigenvalue weighted by molar-refractivity contribution is 0.0539. The van der Waals surface area contributed by atoms with E-state index in [9.17, 15) is 9.90 Å². The molecule has 3 aromatic rings. The van der Waals surface area contributed by atoms with Crippen LogP contribution in [0.4, 0.5) is 4.79 Å². The minimum Gasteiger partial charge on any atom is -0.508 e. The second-order valence-electron chi connectivity index (χ2n) is 9.31. The number of nitrogens with zero attached hydrogens (tertiary/aromatic N) is 1. The quantitative estimate of drug-likeness (QED) is 0.519. The summed E-state index contributed by atoms with van der Waals surface area (Å²) < 4.78 is 5.99. The average Bonchev–Trinajstić information content (AvgIpc) is 3.15. The summed E-state index contributed by atoms with van der Waals surface area (Å²) in [5, 5.41) is 9.89. The molecule has 1 fully saturated rings. The van der Waals surface area contributed by atoms with Gasteiger partial charge in [0.05, 0.1) is 6.04 Å². The Balaban J connectivity index is 1.22. The molecule has 1 aliphatic carbocycles. The molecule has 1 N–H and O–H groups in total. The van der Waals surface area contributed by atoms with Gasteiger partial charge in [-0.25, -0.2) is 4.79 Å². The molecular weight excluding hydrogens is 410 g/mol. The van der Waals surface area contributed by atoms with E-state index >= 15 is 0 Å². The molecule has 3 aliphatic rings. The highest BCUT2D eigenvalue weighted by atomic mass is 16.6. The van der Waals surface area contributed by atoms with Crippen molar-refractivity contribution >= 4 is 11.7 Å². The predicted molar refractivity (Wildman–Crippen MR) is 129 cm³/mol. The van der Waals surface area contributed by atoms with Crippen LogP contribution in [0.15, 0.2) is 78.9 Å². The van der Waals surface area contributed by atoms with Crippen molar-refractivity contribution in [2.75, 3.05) is 6.61 Å². The number of benzene rings is 3. The Kier molecular flexibility index (Phi) is 4.94. The molecular formula is C29H27NO3. The van der Waals surface area contributed by atoms with Gasteiger partial charge in [-0.3, -0.25) is 4.90 Å². The fourth-order valence-electron chi connectivity index (χ4n) is 5.90. The minimum absolute atomic E-state index is 0.0468. The maximum atomic E-state index is 13.3. The molecule has 2 unspecified atom stereocenters. The summed E-state index contributed by atoms with van der Waals surface area (Å²) in [4.78, 5) is 15.3. The zero-order chi connectivity index (χ0) is 22.4. The van der Waals surface area contributed by atoms with Gasteiger partial charge < -0.3 is 9.84 Å². The van der Waals surface area contributed by atoms with Crippen molar-refractivity contribution in [1.29, 1.82) is 0 Å². The van der Waals surface area contributed by atoms with E-state index in [0.717, 1.165) is 31.2 Å². The Hall–Kier alpha value is -3.53. The molecule has 33 heavy (non-hydrogen) atoms. The number of hydrogen-bond acceptors (Lipinski definition) is 3. The Morgan fingerprint density at radius 3 is 2.36 bits per heavy atom. The van der Waals surface area contributed by atoms with Crippen LogP contribution in [0.2, 0.25) is 0 Å². The van der Waals surface area contributed by atoms with Crippen molar-refractivity contribution in [1.82, 2.24) is 4.90 Å². The van der Waals surface area contributed by atoms with E-state index in [4.69, 9.17) is 4.74 Å². The van der Waals surface area contributed by atoms with Crippen LogP contribution < -0.4 is 0 Å². The van der Waals surface area contributed by atoms with E-state index < -0.39 is 0 Å². The fourth-order valence-corrected chi connectivity index (χ4v) is 5.90. The Morgan fingerprint density at radius 2 is 1.67 bits per heavy atom. The van der Waals surface area contributed by atoms with Crippen LogP contribution in [0.5, 0.6) is 5.75 Å². The van der Waals surface area contributed by atoms with Crippen LogP contribution in [0.25, 0.3) is 16.7 Å². The molecule has 0 aromatic heterocycles. The number of aromatic hydroxyl groups is 1. The van der Waals surface area contributed by atoms with Gasteiger partial charge in [-0.05, 0) is 71.2 Å². The predicted octanol–water partition coefficient (Wildman–Crippen LogP) is 6.35. The summed E-state index contributed by atoms with van der Waals surface area (Å²) in [5.74, 6) is 0.349. The Bertz CT molecular complexity index is 1200. The van der Waals surface area contributed by atoms with Gasteiger partial charge in [-0.2, -0.15) is 0 Å². The van der Waals surface area contributed by atoms with Gasteiger partial charge in [-0.15, -0.1) is 0 Å². The first-order valence-corrected chi connectivity index (χ1v) is 11.8. The van der Waals surface area contributed by atoms with Crippen LogP contribution >= 0.6 is 0 Å². The first-order valence-electron chi connectivity index (χ1n) is 11.8. The highest BCUT2D eigenvalue weighted by Gasteiger charge is 2.39. The lowest BCUT2D eigenvalue weighted by atomic mass is 9.83. The maximum absolute atomic E-state index is 13.3. The van der Waals surface area contributed by atoms with Crippen molar-refractivity contribution in [3.8, 4) is 16.9 Å². The molecule has 2 heterocycles. The second-order valence-corrected chi connectivity index (χ2v) is 9.31. The number of piperidine rings is 1. The van der Waals surface area contributed by atoms with E-state index in [0.29, 0.717) is 6.61 Å². The SMILES string of the molecule is O=C(OCC1c2ccccc2-c2ccccc21)N1C2C=C(c3cccc(O)c3)CC1CCC2. The molecule has 2 bridgehead atoms. The van der Waals surface area contributed by atoms with Crippen molar-refractivity contribution < 1.29 is 14.6 Å².